The zero-order valence-electron chi connectivity index (χ0n) is 18.4. The van der Waals surface area contributed by atoms with Crippen LogP contribution in [0.1, 0.15) is 36.0 Å². The van der Waals surface area contributed by atoms with Gasteiger partial charge in [0.15, 0.2) is 0 Å². The maximum atomic E-state index is 13.3. The molecule has 5 rings (SSSR count). The van der Waals surface area contributed by atoms with Crippen molar-refractivity contribution in [2.75, 3.05) is 0 Å². The molecule has 1 aromatic heterocycles. The van der Waals surface area contributed by atoms with Crippen LogP contribution >= 0.6 is 0 Å². The Labute approximate surface area is 197 Å². The van der Waals surface area contributed by atoms with Gasteiger partial charge in [0.05, 0.1) is 29.3 Å². The van der Waals surface area contributed by atoms with Crippen LogP contribution in [0.4, 0.5) is 13.2 Å². The normalized spacial score (nSPS) is 22.1. The molecule has 0 spiro atoms. The molecule has 2 fully saturated rings. The van der Waals surface area contributed by atoms with Crippen LogP contribution in [0.3, 0.4) is 0 Å². The number of aromatic amines is 1. The van der Waals surface area contributed by atoms with Gasteiger partial charge in [-0.15, -0.1) is 0 Å². The van der Waals surface area contributed by atoms with Crippen LogP contribution in [-0.4, -0.2) is 29.0 Å². The summed E-state index contributed by atoms with van der Waals surface area (Å²) in [6, 6.07) is 9.62. The monoisotopic (exact) mass is 479 g/mol. The summed E-state index contributed by atoms with van der Waals surface area (Å²) in [5.74, 6) is 0.0703. The molecule has 0 radical (unpaired) electrons. The number of amides is 1. The van der Waals surface area contributed by atoms with Gasteiger partial charge in [-0.3, -0.25) is 9.59 Å². The van der Waals surface area contributed by atoms with Gasteiger partial charge in [0.2, 0.25) is 5.91 Å². The molecule has 1 saturated heterocycles. The fraction of sp³-hybridized carbons (Fsp3) is 0.360. The van der Waals surface area contributed by atoms with Crippen molar-refractivity contribution in [2.45, 2.75) is 50.0 Å². The van der Waals surface area contributed by atoms with Crippen LogP contribution in [0.2, 0.25) is 0 Å². The summed E-state index contributed by atoms with van der Waals surface area (Å²) in [5, 5.41) is 25.8. The lowest BCUT2D eigenvalue weighted by Crippen LogP contribution is -2.50. The number of rotatable bonds is 4. The molecule has 2 bridgehead atoms. The second-order valence-electron chi connectivity index (χ2n) is 9.20. The zero-order chi connectivity index (χ0) is 24.9. The highest BCUT2D eigenvalue weighted by atomic mass is 19.4. The predicted octanol–water partition coefficient (Wildman–Crippen LogP) is 3.26. The molecule has 1 aliphatic heterocycles. The third kappa shape index (κ3) is 4.11. The molecular formula is C25H20F3N5O2. The Morgan fingerprint density at radius 1 is 1.14 bits per heavy atom. The number of piperidine rings is 1. The molecule has 3 aromatic rings. The number of nitriles is 2. The van der Waals surface area contributed by atoms with Crippen LogP contribution < -0.4 is 16.2 Å². The van der Waals surface area contributed by atoms with E-state index in [-0.39, 0.29) is 35.2 Å². The number of carbonyl (C=O) groups excluding carboxylic acids is 1. The molecule has 2 aromatic carbocycles. The first kappa shape index (κ1) is 22.9. The number of fused-ring (bicyclic) bond motifs is 5. The summed E-state index contributed by atoms with van der Waals surface area (Å²) in [7, 11) is 0. The van der Waals surface area contributed by atoms with Gasteiger partial charge >= 0.3 is 6.18 Å². The number of nitrogens with one attached hydrogen (secondary N) is 3. The largest absolute Gasteiger partial charge is 0.417 e. The van der Waals surface area contributed by atoms with E-state index in [1.54, 1.807) is 24.3 Å². The van der Waals surface area contributed by atoms with Crippen molar-refractivity contribution in [3.63, 3.8) is 0 Å². The standard InChI is InChI=1S/C25H20F3N5O2/c26-25(27,28)20-9-21-18(8-14(20)10-29)17-4-1-12(6-19(17)23(34)33-21)5-16(11-30)32-24(35)22-13-2-3-15(7-13)31-22/h1,4,6,8-9,13,15-16,22,31H,2-3,5,7H2,(H,32,35)(H,33,34). The Balaban J connectivity index is 1.45. The molecule has 2 heterocycles. The third-order valence-corrected chi connectivity index (χ3v) is 7.00. The maximum Gasteiger partial charge on any atom is 0.417 e. The van der Waals surface area contributed by atoms with Crippen molar-refractivity contribution in [1.82, 2.24) is 15.6 Å². The van der Waals surface area contributed by atoms with E-state index in [4.69, 9.17) is 0 Å². The van der Waals surface area contributed by atoms with Gasteiger partial charge in [-0.1, -0.05) is 12.1 Å². The SMILES string of the molecule is N#Cc1cc2c(cc1C(F)(F)F)[nH]c(=O)c1cc(CC(C#N)NC(=O)C3NC4CCC3C4)ccc12. The van der Waals surface area contributed by atoms with E-state index in [1.807, 2.05) is 0 Å². The first-order valence-corrected chi connectivity index (χ1v) is 11.2. The molecule has 178 valence electrons. The van der Waals surface area contributed by atoms with Crippen LogP contribution in [0.5, 0.6) is 0 Å². The minimum absolute atomic E-state index is 0.0258. The van der Waals surface area contributed by atoms with Gasteiger partial charge < -0.3 is 15.6 Å². The summed E-state index contributed by atoms with van der Waals surface area (Å²) in [6.07, 6.45) is -1.56. The van der Waals surface area contributed by atoms with Crippen LogP contribution in [0.25, 0.3) is 21.7 Å². The molecule has 1 aliphatic carbocycles. The zero-order valence-corrected chi connectivity index (χ0v) is 18.4. The highest BCUT2D eigenvalue weighted by Crippen LogP contribution is 2.36. The number of H-pyrrole nitrogens is 1. The first-order valence-electron chi connectivity index (χ1n) is 11.2. The molecule has 7 nitrogen and oxygen atoms in total. The number of halogens is 3. The minimum atomic E-state index is -4.74. The van der Waals surface area contributed by atoms with E-state index in [0.717, 1.165) is 31.4 Å². The average Bonchev–Trinajstić information content (AvgIpc) is 3.46. The highest BCUT2D eigenvalue weighted by Gasteiger charge is 2.43. The van der Waals surface area contributed by atoms with Gasteiger partial charge in [-0.05, 0) is 54.3 Å². The lowest BCUT2D eigenvalue weighted by molar-refractivity contribution is -0.137. The summed E-state index contributed by atoms with van der Waals surface area (Å²) in [5.41, 5.74) is -1.65. The molecule has 2 aliphatic rings. The number of aromatic nitrogens is 1. The lowest BCUT2D eigenvalue weighted by atomic mass is 9.97. The van der Waals surface area contributed by atoms with E-state index in [9.17, 15) is 33.3 Å². The van der Waals surface area contributed by atoms with Gasteiger partial charge in [0, 0.05) is 28.8 Å². The fourth-order valence-electron chi connectivity index (χ4n) is 5.36. The molecular weight excluding hydrogens is 459 g/mol. The Bertz CT molecular complexity index is 1500. The maximum absolute atomic E-state index is 13.3. The first-order chi connectivity index (χ1) is 16.7. The highest BCUT2D eigenvalue weighted by molar-refractivity contribution is 6.06. The van der Waals surface area contributed by atoms with Crippen molar-refractivity contribution >= 4 is 27.6 Å². The van der Waals surface area contributed by atoms with Crippen molar-refractivity contribution in [2.24, 2.45) is 5.92 Å². The van der Waals surface area contributed by atoms with Crippen molar-refractivity contribution in [3.05, 3.63) is 57.4 Å². The van der Waals surface area contributed by atoms with E-state index in [0.29, 0.717) is 22.4 Å². The Kier molecular flexibility index (Phi) is 5.49. The summed E-state index contributed by atoms with van der Waals surface area (Å²) >= 11 is 0. The molecule has 4 atom stereocenters. The van der Waals surface area contributed by atoms with E-state index in [1.165, 1.54) is 0 Å². The topological polar surface area (TPSA) is 122 Å². The van der Waals surface area contributed by atoms with Crippen LogP contribution in [-0.2, 0) is 17.4 Å². The third-order valence-electron chi connectivity index (χ3n) is 7.00. The molecule has 4 unspecified atom stereocenters. The van der Waals surface area contributed by atoms with Gasteiger partial charge in [0.25, 0.3) is 5.56 Å². The number of hydrogen-bond donors (Lipinski definition) is 3. The summed E-state index contributed by atoms with van der Waals surface area (Å²) < 4.78 is 39.9. The van der Waals surface area contributed by atoms with Crippen molar-refractivity contribution in [1.29, 1.82) is 10.5 Å². The van der Waals surface area contributed by atoms with E-state index in [2.05, 4.69) is 21.7 Å². The summed E-state index contributed by atoms with van der Waals surface area (Å²) in [6.45, 7) is 0. The van der Waals surface area contributed by atoms with Gasteiger partial charge in [0.1, 0.15) is 6.04 Å². The number of hydrogen-bond acceptors (Lipinski definition) is 5. The van der Waals surface area contributed by atoms with Crippen LogP contribution in [0.15, 0.2) is 35.1 Å². The number of benzene rings is 2. The smallest absolute Gasteiger partial charge is 0.339 e. The predicted molar refractivity (Wildman–Crippen MR) is 121 cm³/mol. The quantitative estimate of drug-likeness (QED) is 0.496. The molecule has 3 N–H and O–H groups in total. The van der Waals surface area contributed by atoms with Crippen molar-refractivity contribution < 1.29 is 18.0 Å². The van der Waals surface area contributed by atoms with Gasteiger partial charge in [-0.2, -0.15) is 23.7 Å². The Morgan fingerprint density at radius 2 is 1.94 bits per heavy atom. The van der Waals surface area contributed by atoms with E-state index < -0.39 is 28.9 Å². The average molecular weight is 479 g/mol. The van der Waals surface area contributed by atoms with E-state index >= 15 is 0 Å². The molecule has 1 saturated carbocycles. The number of alkyl halides is 3. The van der Waals surface area contributed by atoms with Gasteiger partial charge in [-0.25, -0.2) is 0 Å². The second kappa shape index (κ2) is 8.40. The summed E-state index contributed by atoms with van der Waals surface area (Å²) in [4.78, 5) is 27.8. The second-order valence-corrected chi connectivity index (χ2v) is 9.20. The number of pyridine rings is 1. The van der Waals surface area contributed by atoms with Crippen LogP contribution in [0, 0.1) is 28.6 Å². The molecule has 1 amide bonds. The molecule has 35 heavy (non-hydrogen) atoms. The Morgan fingerprint density at radius 3 is 2.57 bits per heavy atom. The minimum Gasteiger partial charge on any atom is -0.339 e. The van der Waals surface area contributed by atoms with Crippen molar-refractivity contribution in [3.8, 4) is 12.1 Å². The lowest BCUT2D eigenvalue weighted by Gasteiger charge is -2.23. The molecule has 10 heteroatoms. The number of nitrogens with zero attached hydrogens (tertiary/aromatic N) is 2. The fourth-order valence-corrected chi connectivity index (χ4v) is 5.36. The Hall–Kier alpha value is -3.89. The number of carbonyl (C=O) groups is 1.